The van der Waals surface area contributed by atoms with Gasteiger partial charge in [0.1, 0.15) is 10.1 Å². The van der Waals surface area contributed by atoms with Gasteiger partial charge in [0, 0.05) is 19.2 Å². The van der Waals surface area contributed by atoms with Crippen molar-refractivity contribution in [3.63, 3.8) is 0 Å². The predicted molar refractivity (Wildman–Crippen MR) is 88.6 cm³/mol. The maximum Gasteiger partial charge on any atom is 0.321 e. The van der Waals surface area contributed by atoms with E-state index in [4.69, 9.17) is 21.7 Å². The molecule has 0 amide bonds. The van der Waals surface area contributed by atoms with Crippen molar-refractivity contribution in [2.24, 2.45) is 0 Å². The average Bonchev–Trinajstić information content (AvgIpc) is 2.46. The normalized spacial score (nSPS) is 21.1. The molecule has 1 heterocycles. The molecule has 0 spiro atoms. The topological polar surface area (TPSA) is 38.8 Å². The zero-order chi connectivity index (χ0) is 17.0. The first kappa shape index (κ1) is 18.1. The zero-order valence-corrected chi connectivity index (χ0v) is 14.4. The Bertz CT molecular complexity index is 590. The van der Waals surface area contributed by atoms with E-state index in [1.807, 2.05) is 18.7 Å². The van der Waals surface area contributed by atoms with E-state index in [2.05, 4.69) is 0 Å². The Morgan fingerprint density at radius 2 is 2.04 bits per heavy atom. The van der Waals surface area contributed by atoms with Crippen molar-refractivity contribution in [3.05, 3.63) is 29.8 Å². The van der Waals surface area contributed by atoms with E-state index in [-0.39, 0.29) is 23.7 Å². The summed E-state index contributed by atoms with van der Waals surface area (Å²) in [6, 6.07) is 2.77. The molecule has 4 nitrogen and oxygen atoms in total. The van der Waals surface area contributed by atoms with E-state index in [1.54, 1.807) is 0 Å². The number of esters is 1. The monoisotopic (exact) mass is 361 g/mol. The summed E-state index contributed by atoms with van der Waals surface area (Å²) >= 11 is 6.46. The van der Waals surface area contributed by atoms with Crippen LogP contribution < -0.4 is 4.74 Å². The molecule has 8 heteroatoms. The van der Waals surface area contributed by atoms with E-state index in [1.165, 1.54) is 0 Å². The second-order valence-corrected chi connectivity index (χ2v) is 6.87. The fraction of sp³-hybridized carbons (Fsp3) is 0.467. The first-order chi connectivity index (χ1) is 10.8. The Labute approximate surface area is 143 Å². The van der Waals surface area contributed by atoms with Crippen LogP contribution in [0.15, 0.2) is 18.2 Å². The van der Waals surface area contributed by atoms with Crippen molar-refractivity contribution in [1.29, 1.82) is 0 Å². The number of carbonyl (C=O) groups excluding carboxylic acids is 1. The van der Waals surface area contributed by atoms with Crippen LogP contribution in [0.5, 0.6) is 5.75 Å². The maximum atomic E-state index is 13.4. The quantitative estimate of drug-likeness (QED) is 0.468. The van der Waals surface area contributed by atoms with Gasteiger partial charge in [-0.1, -0.05) is 24.0 Å². The van der Waals surface area contributed by atoms with Crippen LogP contribution in [0.25, 0.3) is 0 Å². The molecule has 0 aliphatic carbocycles. The van der Waals surface area contributed by atoms with Crippen molar-refractivity contribution in [1.82, 2.24) is 4.90 Å². The van der Waals surface area contributed by atoms with Crippen LogP contribution in [0.2, 0.25) is 0 Å². The van der Waals surface area contributed by atoms with Gasteiger partial charge in [-0.2, -0.15) is 0 Å². The number of thioether (sulfide) groups is 1. The van der Waals surface area contributed by atoms with E-state index in [0.29, 0.717) is 23.5 Å². The molecule has 1 fully saturated rings. The number of rotatable bonds is 3. The van der Waals surface area contributed by atoms with Crippen LogP contribution >= 0.6 is 24.0 Å². The van der Waals surface area contributed by atoms with Crippen LogP contribution in [0.1, 0.15) is 13.8 Å². The molecule has 0 radical (unpaired) electrons. The molecule has 126 valence electrons. The number of ether oxygens (including phenoxy) is 2. The molecule has 1 aliphatic heterocycles. The van der Waals surface area contributed by atoms with Crippen molar-refractivity contribution in [3.8, 4) is 5.75 Å². The Balaban J connectivity index is 1.83. The van der Waals surface area contributed by atoms with Crippen molar-refractivity contribution in [2.75, 3.05) is 18.8 Å². The zero-order valence-electron chi connectivity index (χ0n) is 12.8. The Kier molecular flexibility index (Phi) is 6.32. The first-order valence-electron chi connectivity index (χ1n) is 7.08. The number of hydrogen-bond acceptors (Lipinski definition) is 5. The number of hydrogen-bond donors (Lipinski definition) is 0. The van der Waals surface area contributed by atoms with Gasteiger partial charge in [0.2, 0.25) is 0 Å². The van der Waals surface area contributed by atoms with Gasteiger partial charge in [0.05, 0.1) is 18.0 Å². The molecule has 2 atom stereocenters. The molecular formula is C15H17F2NO3S2. The van der Waals surface area contributed by atoms with Crippen LogP contribution in [0.4, 0.5) is 8.78 Å². The number of nitrogens with zero attached hydrogens (tertiary/aromatic N) is 1. The predicted octanol–water partition coefficient (Wildman–Crippen LogP) is 3.00. The fourth-order valence-corrected chi connectivity index (χ4v) is 3.21. The lowest BCUT2D eigenvalue weighted by Gasteiger charge is -2.36. The molecule has 1 saturated heterocycles. The highest BCUT2D eigenvalue weighted by Gasteiger charge is 2.24. The van der Waals surface area contributed by atoms with Gasteiger partial charge in [-0.3, -0.25) is 4.79 Å². The van der Waals surface area contributed by atoms with Crippen molar-refractivity contribution < 1.29 is 23.0 Å². The molecular weight excluding hydrogens is 344 g/mol. The van der Waals surface area contributed by atoms with E-state index >= 15 is 0 Å². The van der Waals surface area contributed by atoms with Gasteiger partial charge in [-0.25, -0.2) is 8.78 Å². The molecule has 23 heavy (non-hydrogen) atoms. The Hall–Kier alpha value is -1.25. The fourth-order valence-electron chi connectivity index (χ4n) is 2.25. The van der Waals surface area contributed by atoms with Crippen LogP contribution in [0.3, 0.4) is 0 Å². The van der Waals surface area contributed by atoms with Crippen LogP contribution in [-0.2, 0) is 9.53 Å². The minimum atomic E-state index is -0.915. The number of carbonyl (C=O) groups is 1. The minimum Gasteiger partial charge on any atom is -0.423 e. The summed E-state index contributed by atoms with van der Waals surface area (Å²) in [5, 5.41) is 0. The molecule has 2 rings (SSSR count). The second kappa shape index (κ2) is 8.03. The highest BCUT2D eigenvalue weighted by Crippen LogP contribution is 2.20. The molecule has 0 saturated carbocycles. The molecule has 0 bridgehead atoms. The summed E-state index contributed by atoms with van der Waals surface area (Å²) < 4.78 is 37.3. The van der Waals surface area contributed by atoms with E-state index < -0.39 is 17.6 Å². The highest BCUT2D eigenvalue weighted by molar-refractivity contribution is 8.23. The molecule has 1 aromatic rings. The average molecular weight is 361 g/mol. The summed E-state index contributed by atoms with van der Waals surface area (Å²) in [6.07, 6.45) is 0.134. The molecule has 1 aliphatic rings. The number of morpholine rings is 1. The summed E-state index contributed by atoms with van der Waals surface area (Å²) in [5.41, 5.74) is 0. The lowest BCUT2D eigenvalue weighted by atomic mass is 10.2. The summed E-state index contributed by atoms with van der Waals surface area (Å²) in [7, 11) is 0. The third-order valence-corrected chi connectivity index (χ3v) is 4.61. The van der Waals surface area contributed by atoms with Gasteiger partial charge in [0.25, 0.3) is 0 Å². The standard InChI is InChI=1S/C15H17F2NO3S2/c1-9-6-18(7-10(2)20-9)15(22)23-8-14(19)21-13-4-3-11(16)5-12(13)17/h3-5,9-10H,6-8H2,1-2H3/t9-,10-/m0/s1. The second-order valence-electron chi connectivity index (χ2n) is 5.27. The molecule has 0 aromatic heterocycles. The van der Waals surface area contributed by atoms with Crippen LogP contribution in [0, 0.1) is 11.6 Å². The van der Waals surface area contributed by atoms with Crippen molar-refractivity contribution in [2.45, 2.75) is 26.1 Å². The first-order valence-corrected chi connectivity index (χ1v) is 8.47. The minimum absolute atomic E-state index is 0.0459. The Morgan fingerprint density at radius 3 is 2.65 bits per heavy atom. The summed E-state index contributed by atoms with van der Waals surface area (Å²) in [6.45, 7) is 5.25. The third-order valence-electron chi connectivity index (χ3n) is 3.11. The lowest BCUT2D eigenvalue weighted by Crippen LogP contribution is -2.47. The third kappa shape index (κ3) is 5.40. The smallest absolute Gasteiger partial charge is 0.321 e. The highest BCUT2D eigenvalue weighted by atomic mass is 32.2. The number of benzene rings is 1. The molecule has 0 N–H and O–H groups in total. The SMILES string of the molecule is C[C@H]1CN(C(=S)SCC(=O)Oc2ccc(F)cc2F)C[C@H](C)O1. The summed E-state index contributed by atoms with van der Waals surface area (Å²) in [5.74, 6) is -2.63. The molecule has 1 aromatic carbocycles. The number of halogens is 2. The Morgan fingerprint density at radius 1 is 1.39 bits per heavy atom. The van der Waals surface area contributed by atoms with E-state index in [9.17, 15) is 13.6 Å². The summed E-state index contributed by atoms with van der Waals surface area (Å²) in [4.78, 5) is 13.7. The largest absolute Gasteiger partial charge is 0.423 e. The van der Waals surface area contributed by atoms with Crippen LogP contribution in [-0.4, -0.2) is 46.2 Å². The van der Waals surface area contributed by atoms with Crippen molar-refractivity contribution >= 4 is 34.3 Å². The lowest BCUT2D eigenvalue weighted by molar-refractivity contribution is -0.131. The van der Waals surface area contributed by atoms with Gasteiger partial charge in [-0.05, 0) is 26.0 Å². The van der Waals surface area contributed by atoms with Gasteiger partial charge in [-0.15, -0.1) is 0 Å². The van der Waals surface area contributed by atoms with Gasteiger partial charge in [0.15, 0.2) is 11.6 Å². The maximum absolute atomic E-state index is 13.4. The van der Waals surface area contributed by atoms with Gasteiger partial charge < -0.3 is 14.4 Å². The number of thiocarbonyl (C=S) groups is 1. The molecule has 0 unspecified atom stereocenters. The van der Waals surface area contributed by atoms with Gasteiger partial charge >= 0.3 is 5.97 Å². The van der Waals surface area contributed by atoms with E-state index in [0.717, 1.165) is 23.9 Å².